The van der Waals surface area contributed by atoms with E-state index in [9.17, 15) is 4.79 Å². The highest BCUT2D eigenvalue weighted by molar-refractivity contribution is 5.76. The number of nitrogens with one attached hydrogen (secondary N) is 1. The standard InChI is InChI=1S/C17H22N4O2/c1-12(2)9-16(22)20-10-13-3-5-14(6-4-13)11-23-17-19-8-7-15(18)21-17/h3-8,12H,9-11H2,1-2H3,(H,20,22)(H2,18,19,21). The van der Waals surface area contributed by atoms with E-state index in [2.05, 4.69) is 15.3 Å². The number of nitrogen functional groups attached to an aromatic ring is 1. The molecule has 6 heteroatoms. The zero-order valence-electron chi connectivity index (χ0n) is 13.5. The van der Waals surface area contributed by atoms with Gasteiger partial charge in [0.1, 0.15) is 12.4 Å². The van der Waals surface area contributed by atoms with Crippen molar-refractivity contribution in [1.82, 2.24) is 15.3 Å². The lowest BCUT2D eigenvalue weighted by atomic mass is 10.1. The van der Waals surface area contributed by atoms with E-state index in [1.807, 2.05) is 38.1 Å². The van der Waals surface area contributed by atoms with Gasteiger partial charge in [-0.1, -0.05) is 38.1 Å². The number of hydrogen-bond donors (Lipinski definition) is 2. The van der Waals surface area contributed by atoms with E-state index in [-0.39, 0.29) is 11.9 Å². The molecule has 122 valence electrons. The Morgan fingerprint density at radius 2 is 1.91 bits per heavy atom. The number of hydrogen-bond acceptors (Lipinski definition) is 5. The fourth-order valence-electron chi connectivity index (χ4n) is 1.97. The van der Waals surface area contributed by atoms with Crippen LogP contribution in [0.5, 0.6) is 6.01 Å². The highest BCUT2D eigenvalue weighted by Crippen LogP contribution is 2.09. The van der Waals surface area contributed by atoms with Gasteiger partial charge in [-0.15, -0.1) is 0 Å². The molecule has 1 aromatic carbocycles. The summed E-state index contributed by atoms with van der Waals surface area (Å²) in [5.41, 5.74) is 7.61. The summed E-state index contributed by atoms with van der Waals surface area (Å²) in [5.74, 6) is 0.817. The molecule has 1 aromatic heterocycles. The largest absolute Gasteiger partial charge is 0.459 e. The average molecular weight is 314 g/mol. The van der Waals surface area contributed by atoms with Crippen LogP contribution < -0.4 is 15.8 Å². The van der Waals surface area contributed by atoms with Gasteiger partial charge in [-0.25, -0.2) is 4.98 Å². The van der Waals surface area contributed by atoms with Gasteiger partial charge in [0.2, 0.25) is 5.91 Å². The zero-order valence-corrected chi connectivity index (χ0v) is 13.5. The number of nitrogens with zero attached hydrogens (tertiary/aromatic N) is 2. The Morgan fingerprint density at radius 1 is 1.22 bits per heavy atom. The average Bonchev–Trinajstić information content (AvgIpc) is 2.51. The van der Waals surface area contributed by atoms with Gasteiger partial charge < -0.3 is 15.8 Å². The first-order chi connectivity index (χ1) is 11.0. The molecule has 0 spiro atoms. The van der Waals surface area contributed by atoms with E-state index in [4.69, 9.17) is 10.5 Å². The van der Waals surface area contributed by atoms with Gasteiger partial charge in [0.05, 0.1) is 0 Å². The number of anilines is 1. The van der Waals surface area contributed by atoms with Crippen molar-refractivity contribution in [2.45, 2.75) is 33.4 Å². The molecule has 0 saturated carbocycles. The summed E-state index contributed by atoms with van der Waals surface area (Å²) < 4.78 is 5.48. The minimum Gasteiger partial charge on any atom is -0.459 e. The molecule has 0 atom stereocenters. The summed E-state index contributed by atoms with van der Waals surface area (Å²) in [6, 6.07) is 9.71. The molecule has 0 aliphatic carbocycles. The van der Waals surface area contributed by atoms with Crippen molar-refractivity contribution in [3.05, 3.63) is 47.7 Å². The van der Waals surface area contributed by atoms with Crippen LogP contribution in [0.1, 0.15) is 31.4 Å². The molecule has 0 unspecified atom stereocenters. The van der Waals surface area contributed by atoms with Crippen molar-refractivity contribution >= 4 is 11.7 Å². The quantitative estimate of drug-likeness (QED) is 0.818. The van der Waals surface area contributed by atoms with Crippen molar-refractivity contribution < 1.29 is 9.53 Å². The van der Waals surface area contributed by atoms with Crippen molar-refractivity contribution in [2.24, 2.45) is 5.92 Å². The van der Waals surface area contributed by atoms with Gasteiger partial charge in [-0.2, -0.15) is 4.98 Å². The van der Waals surface area contributed by atoms with Crippen molar-refractivity contribution in [3.8, 4) is 6.01 Å². The number of carbonyl (C=O) groups is 1. The van der Waals surface area contributed by atoms with E-state index >= 15 is 0 Å². The van der Waals surface area contributed by atoms with Gasteiger partial charge in [-0.3, -0.25) is 4.79 Å². The molecule has 0 bridgehead atoms. The second-order valence-electron chi connectivity index (χ2n) is 5.74. The number of carbonyl (C=O) groups excluding carboxylic acids is 1. The summed E-state index contributed by atoms with van der Waals surface area (Å²) in [4.78, 5) is 19.6. The summed E-state index contributed by atoms with van der Waals surface area (Å²) >= 11 is 0. The Kier molecular flexibility index (Phi) is 5.91. The normalized spacial score (nSPS) is 10.6. The molecular formula is C17H22N4O2. The first kappa shape index (κ1) is 16.7. The molecule has 2 aromatic rings. The number of rotatable bonds is 7. The highest BCUT2D eigenvalue weighted by atomic mass is 16.5. The van der Waals surface area contributed by atoms with E-state index in [1.54, 1.807) is 12.3 Å². The Morgan fingerprint density at radius 3 is 2.57 bits per heavy atom. The maximum atomic E-state index is 11.6. The number of ether oxygens (including phenoxy) is 1. The van der Waals surface area contributed by atoms with Crippen LogP contribution in [-0.2, 0) is 17.9 Å². The van der Waals surface area contributed by atoms with Crippen LogP contribution in [0.3, 0.4) is 0 Å². The predicted molar refractivity (Wildman–Crippen MR) is 88.5 cm³/mol. The SMILES string of the molecule is CC(C)CC(=O)NCc1ccc(COc2nccc(N)n2)cc1. The summed E-state index contributed by atoms with van der Waals surface area (Å²) in [5, 5.41) is 2.91. The third kappa shape index (κ3) is 5.94. The first-order valence-electron chi connectivity index (χ1n) is 7.59. The molecule has 2 rings (SSSR count). The molecule has 1 amide bonds. The Hall–Kier alpha value is -2.63. The van der Waals surface area contributed by atoms with Gasteiger partial charge in [0.15, 0.2) is 0 Å². The van der Waals surface area contributed by atoms with Gasteiger partial charge in [-0.05, 0) is 23.1 Å². The lowest BCUT2D eigenvalue weighted by Gasteiger charge is -2.08. The Labute approximate surface area is 136 Å². The summed E-state index contributed by atoms with van der Waals surface area (Å²) in [7, 11) is 0. The Balaban J connectivity index is 1.81. The van der Waals surface area contributed by atoms with Gasteiger partial charge >= 0.3 is 6.01 Å². The highest BCUT2D eigenvalue weighted by Gasteiger charge is 2.04. The van der Waals surface area contributed by atoms with E-state index in [0.717, 1.165) is 11.1 Å². The number of nitrogens with two attached hydrogens (primary N) is 1. The summed E-state index contributed by atoms with van der Waals surface area (Å²) in [6.07, 6.45) is 2.10. The second kappa shape index (κ2) is 8.12. The molecule has 3 N–H and O–H groups in total. The van der Waals surface area contributed by atoms with E-state index < -0.39 is 0 Å². The van der Waals surface area contributed by atoms with Crippen LogP contribution in [0, 0.1) is 5.92 Å². The monoisotopic (exact) mass is 314 g/mol. The van der Waals surface area contributed by atoms with Gasteiger partial charge in [0, 0.05) is 19.2 Å². The smallest absolute Gasteiger partial charge is 0.318 e. The molecule has 0 saturated heterocycles. The maximum Gasteiger partial charge on any atom is 0.318 e. The van der Waals surface area contributed by atoms with E-state index in [1.165, 1.54) is 0 Å². The van der Waals surface area contributed by atoms with Crippen molar-refractivity contribution in [2.75, 3.05) is 5.73 Å². The lowest BCUT2D eigenvalue weighted by Crippen LogP contribution is -2.23. The number of aromatic nitrogens is 2. The first-order valence-corrected chi connectivity index (χ1v) is 7.59. The lowest BCUT2D eigenvalue weighted by molar-refractivity contribution is -0.121. The molecular weight excluding hydrogens is 292 g/mol. The zero-order chi connectivity index (χ0) is 16.7. The van der Waals surface area contributed by atoms with Crippen LogP contribution in [0.2, 0.25) is 0 Å². The third-order valence-electron chi connectivity index (χ3n) is 3.13. The minimum absolute atomic E-state index is 0.0752. The summed E-state index contributed by atoms with van der Waals surface area (Å²) in [6.45, 7) is 4.95. The molecule has 6 nitrogen and oxygen atoms in total. The van der Waals surface area contributed by atoms with Crippen LogP contribution in [0.25, 0.3) is 0 Å². The third-order valence-corrected chi connectivity index (χ3v) is 3.13. The molecule has 0 aliphatic rings. The predicted octanol–water partition coefficient (Wildman–Crippen LogP) is 2.30. The topological polar surface area (TPSA) is 90.1 Å². The molecule has 0 aliphatic heterocycles. The van der Waals surface area contributed by atoms with Crippen LogP contribution in [0.15, 0.2) is 36.5 Å². The molecule has 23 heavy (non-hydrogen) atoms. The van der Waals surface area contributed by atoms with Gasteiger partial charge in [0.25, 0.3) is 0 Å². The molecule has 0 fully saturated rings. The number of benzene rings is 1. The van der Waals surface area contributed by atoms with Crippen molar-refractivity contribution in [1.29, 1.82) is 0 Å². The van der Waals surface area contributed by atoms with Crippen LogP contribution in [0.4, 0.5) is 5.82 Å². The Bertz CT molecular complexity index is 641. The molecule has 0 radical (unpaired) electrons. The van der Waals surface area contributed by atoms with E-state index in [0.29, 0.717) is 31.3 Å². The molecule has 1 heterocycles. The fraction of sp³-hybridized carbons (Fsp3) is 0.353. The number of amides is 1. The second-order valence-corrected chi connectivity index (χ2v) is 5.74. The minimum atomic E-state index is 0.0752. The fourth-order valence-corrected chi connectivity index (χ4v) is 1.97. The van der Waals surface area contributed by atoms with Crippen LogP contribution in [-0.4, -0.2) is 15.9 Å². The van der Waals surface area contributed by atoms with Crippen LogP contribution >= 0.6 is 0 Å². The maximum absolute atomic E-state index is 11.6. The van der Waals surface area contributed by atoms with Crippen molar-refractivity contribution in [3.63, 3.8) is 0 Å².